The highest BCUT2D eigenvalue weighted by molar-refractivity contribution is 8.01. The molecule has 0 aliphatic heterocycles. The Kier molecular flexibility index (Phi) is 3.28. The molecule has 1 aromatic heterocycles. The van der Waals surface area contributed by atoms with Crippen LogP contribution in [-0.2, 0) is 0 Å². The Morgan fingerprint density at radius 1 is 1.21 bits per heavy atom. The second-order valence-corrected chi connectivity index (χ2v) is 5.39. The van der Waals surface area contributed by atoms with Gasteiger partial charge in [-0.05, 0) is 29.7 Å². The summed E-state index contributed by atoms with van der Waals surface area (Å²) in [7, 11) is 0. The molecule has 0 saturated heterocycles. The minimum Gasteiger partial charge on any atom is -0.145 e. The largest absolute Gasteiger partial charge is 0.145 e. The van der Waals surface area contributed by atoms with Crippen LogP contribution in [0.15, 0.2) is 33.5 Å². The third-order valence-electron chi connectivity index (χ3n) is 1.45. The van der Waals surface area contributed by atoms with Gasteiger partial charge in [0.2, 0.25) is 0 Å². The van der Waals surface area contributed by atoms with Crippen LogP contribution in [0.1, 0.15) is 0 Å². The minimum atomic E-state index is 0.564. The number of nitrogens with zero attached hydrogens (tertiary/aromatic N) is 2. The highest BCUT2D eigenvalue weighted by atomic mass is 35.5. The van der Waals surface area contributed by atoms with Gasteiger partial charge in [0.25, 0.3) is 0 Å². The molecule has 14 heavy (non-hydrogen) atoms. The zero-order valence-electron chi connectivity index (χ0n) is 6.78. The van der Waals surface area contributed by atoms with Gasteiger partial charge < -0.3 is 0 Å². The highest BCUT2D eigenvalue weighted by Gasteiger charge is 2.02. The Balaban J connectivity index is 2.22. The molecule has 6 heteroatoms. The number of rotatable bonds is 2. The van der Waals surface area contributed by atoms with Crippen molar-refractivity contribution in [1.29, 1.82) is 0 Å². The maximum atomic E-state index is 5.88. The average molecular weight is 263 g/mol. The average Bonchev–Trinajstić information content (AvgIpc) is 2.64. The van der Waals surface area contributed by atoms with Crippen LogP contribution in [0.5, 0.6) is 0 Å². The van der Waals surface area contributed by atoms with Crippen molar-refractivity contribution >= 4 is 46.5 Å². The van der Waals surface area contributed by atoms with Gasteiger partial charge in [0.05, 0.1) is 16.2 Å². The predicted molar refractivity (Wildman–Crippen MR) is 60.5 cm³/mol. The van der Waals surface area contributed by atoms with Crippen LogP contribution in [0.3, 0.4) is 0 Å². The maximum Gasteiger partial charge on any atom is 0.106 e. The van der Waals surface area contributed by atoms with E-state index in [9.17, 15) is 0 Å². The number of hydrogen-bond acceptors (Lipinski definition) is 4. The van der Waals surface area contributed by atoms with Crippen LogP contribution in [-0.4, -0.2) is 9.59 Å². The molecular weight excluding hydrogens is 259 g/mol. The number of hydrogen-bond donors (Lipinski definition) is 0. The molecule has 0 N–H and O–H groups in total. The lowest BCUT2D eigenvalue weighted by Crippen LogP contribution is -1.72. The molecule has 72 valence electrons. The molecule has 2 rings (SSSR count). The summed E-state index contributed by atoms with van der Waals surface area (Å²) in [4.78, 5) is 1.03. The number of benzene rings is 1. The zero-order valence-corrected chi connectivity index (χ0v) is 9.92. The van der Waals surface area contributed by atoms with Gasteiger partial charge in [-0.25, -0.2) is 0 Å². The van der Waals surface area contributed by atoms with Crippen LogP contribution >= 0.6 is 46.5 Å². The van der Waals surface area contributed by atoms with Gasteiger partial charge in [0.1, 0.15) is 4.21 Å². The molecule has 0 fully saturated rings. The summed E-state index contributed by atoms with van der Waals surface area (Å²) >= 11 is 14.6. The molecule has 0 unspecified atom stereocenters. The smallest absolute Gasteiger partial charge is 0.106 e. The Bertz CT molecular complexity index is 431. The lowest BCUT2D eigenvalue weighted by atomic mass is 10.4. The van der Waals surface area contributed by atoms with Crippen LogP contribution in [0, 0.1) is 0 Å². The van der Waals surface area contributed by atoms with E-state index in [1.165, 1.54) is 11.5 Å². The molecular formula is C8H4Cl2N2S2. The summed E-state index contributed by atoms with van der Waals surface area (Å²) in [6.07, 6.45) is 1.72. The minimum absolute atomic E-state index is 0.564. The van der Waals surface area contributed by atoms with Gasteiger partial charge in [0, 0.05) is 4.90 Å². The molecule has 2 nitrogen and oxygen atoms in total. The summed E-state index contributed by atoms with van der Waals surface area (Å²) in [6.45, 7) is 0. The third kappa shape index (κ3) is 2.39. The first-order valence-corrected chi connectivity index (χ1v) is 6.00. The molecule has 0 amide bonds. The number of aromatic nitrogens is 2. The van der Waals surface area contributed by atoms with Crippen LogP contribution < -0.4 is 0 Å². The Morgan fingerprint density at radius 3 is 2.71 bits per heavy atom. The fraction of sp³-hybridized carbons (Fsp3) is 0. The molecule has 0 radical (unpaired) electrons. The van der Waals surface area contributed by atoms with E-state index in [-0.39, 0.29) is 0 Å². The summed E-state index contributed by atoms with van der Waals surface area (Å²) in [5, 5.41) is 4.88. The van der Waals surface area contributed by atoms with Gasteiger partial charge in [-0.1, -0.05) is 39.5 Å². The summed E-state index contributed by atoms with van der Waals surface area (Å²) < 4.78 is 4.80. The van der Waals surface area contributed by atoms with Gasteiger partial charge in [-0.3, -0.25) is 0 Å². The predicted octanol–water partition coefficient (Wildman–Crippen LogP) is 4.00. The standard InChI is InChI=1S/C8H4Cl2N2S2/c9-6-2-1-5(3-7(6)10)13-8-4-11-12-14-8/h1-4H. The maximum absolute atomic E-state index is 5.88. The molecule has 0 spiro atoms. The molecule has 0 bridgehead atoms. The van der Waals surface area contributed by atoms with E-state index in [1.54, 1.807) is 24.0 Å². The van der Waals surface area contributed by atoms with Crippen molar-refractivity contribution in [2.75, 3.05) is 0 Å². The van der Waals surface area contributed by atoms with E-state index in [0.717, 1.165) is 9.10 Å². The van der Waals surface area contributed by atoms with Crippen molar-refractivity contribution in [2.24, 2.45) is 0 Å². The molecule has 0 saturated carbocycles. The van der Waals surface area contributed by atoms with Crippen LogP contribution in [0.2, 0.25) is 10.0 Å². The first-order chi connectivity index (χ1) is 6.75. The summed E-state index contributed by atoms with van der Waals surface area (Å²) in [6, 6.07) is 5.52. The zero-order chi connectivity index (χ0) is 9.97. The van der Waals surface area contributed by atoms with E-state index in [0.29, 0.717) is 10.0 Å². The van der Waals surface area contributed by atoms with Crippen molar-refractivity contribution in [3.05, 3.63) is 34.4 Å². The first kappa shape index (κ1) is 10.2. The molecule has 0 aliphatic rings. The van der Waals surface area contributed by atoms with Gasteiger partial charge >= 0.3 is 0 Å². The summed E-state index contributed by atoms with van der Waals surface area (Å²) in [5.41, 5.74) is 0. The van der Waals surface area contributed by atoms with E-state index in [1.807, 2.05) is 12.1 Å². The van der Waals surface area contributed by atoms with Crippen LogP contribution in [0.25, 0.3) is 0 Å². The van der Waals surface area contributed by atoms with Crippen molar-refractivity contribution in [2.45, 2.75) is 9.10 Å². The van der Waals surface area contributed by atoms with Gasteiger partial charge in [-0.2, -0.15) is 0 Å². The Morgan fingerprint density at radius 2 is 2.07 bits per heavy atom. The molecule has 0 aliphatic carbocycles. The van der Waals surface area contributed by atoms with E-state index >= 15 is 0 Å². The van der Waals surface area contributed by atoms with E-state index < -0.39 is 0 Å². The monoisotopic (exact) mass is 262 g/mol. The second-order valence-electron chi connectivity index (χ2n) is 2.41. The number of halogens is 2. The fourth-order valence-electron chi connectivity index (χ4n) is 0.860. The highest BCUT2D eigenvalue weighted by Crippen LogP contribution is 2.33. The lowest BCUT2D eigenvalue weighted by Gasteiger charge is -1.99. The second kappa shape index (κ2) is 4.49. The quantitative estimate of drug-likeness (QED) is 0.819. The fourth-order valence-corrected chi connectivity index (χ4v) is 2.67. The molecule has 1 aromatic carbocycles. The summed E-state index contributed by atoms with van der Waals surface area (Å²) in [5.74, 6) is 0. The third-order valence-corrected chi connectivity index (χ3v) is 3.92. The van der Waals surface area contributed by atoms with Crippen molar-refractivity contribution in [3.8, 4) is 0 Å². The SMILES string of the molecule is Clc1ccc(Sc2cnns2)cc1Cl. The Hall–Kier alpha value is -0.290. The first-order valence-electron chi connectivity index (χ1n) is 3.66. The van der Waals surface area contributed by atoms with E-state index in [2.05, 4.69) is 9.59 Å². The normalized spacial score (nSPS) is 10.4. The Labute approximate surface area is 99.4 Å². The van der Waals surface area contributed by atoms with Crippen molar-refractivity contribution in [1.82, 2.24) is 9.59 Å². The van der Waals surface area contributed by atoms with E-state index in [4.69, 9.17) is 23.2 Å². The topological polar surface area (TPSA) is 25.8 Å². The van der Waals surface area contributed by atoms with Gasteiger partial charge in [0.15, 0.2) is 0 Å². The van der Waals surface area contributed by atoms with Crippen LogP contribution in [0.4, 0.5) is 0 Å². The van der Waals surface area contributed by atoms with Gasteiger partial charge in [-0.15, -0.1) is 5.10 Å². The molecule has 0 atom stereocenters. The van der Waals surface area contributed by atoms with Crippen molar-refractivity contribution in [3.63, 3.8) is 0 Å². The molecule has 1 heterocycles. The van der Waals surface area contributed by atoms with Crippen molar-refractivity contribution < 1.29 is 0 Å². The lowest BCUT2D eigenvalue weighted by molar-refractivity contribution is 1.15. The molecule has 2 aromatic rings.